The normalized spacial score (nSPS) is 15.9. The molecule has 0 fully saturated rings. The van der Waals surface area contributed by atoms with E-state index in [4.69, 9.17) is 4.52 Å². The van der Waals surface area contributed by atoms with Gasteiger partial charge in [0.15, 0.2) is 11.6 Å². The molecular weight excluding hydrogens is 328 g/mol. The summed E-state index contributed by atoms with van der Waals surface area (Å²) < 4.78 is 58.7. The average Bonchev–Trinajstić information content (AvgIpc) is 2.93. The number of hydrogen-bond acceptors (Lipinski definition) is 4. The Balaban J connectivity index is 2.00. The van der Waals surface area contributed by atoms with Crippen LogP contribution in [0.3, 0.4) is 0 Å². The fourth-order valence-corrected chi connectivity index (χ4v) is 3.56. The van der Waals surface area contributed by atoms with Gasteiger partial charge in [-0.25, -0.2) is 8.78 Å². The van der Waals surface area contributed by atoms with Crippen LogP contribution in [0.15, 0.2) is 22.7 Å². The standard InChI is InChI=1S/C14H15F2N3O3S/c1-18(2)23(20,21)19-6-5-13-10(8-19)14(17-22-13)9-3-4-11(15)12(16)7-9/h3-4,7H,5-6,8H2,1-2H3. The van der Waals surface area contributed by atoms with Crippen molar-refractivity contribution < 1.29 is 21.7 Å². The van der Waals surface area contributed by atoms with E-state index in [0.29, 0.717) is 29.0 Å². The van der Waals surface area contributed by atoms with Crippen molar-refractivity contribution in [1.29, 1.82) is 0 Å². The van der Waals surface area contributed by atoms with Crippen LogP contribution in [0, 0.1) is 11.6 Å². The number of hydrogen-bond donors (Lipinski definition) is 0. The minimum atomic E-state index is -3.57. The van der Waals surface area contributed by atoms with E-state index in [-0.39, 0.29) is 13.1 Å². The van der Waals surface area contributed by atoms with Gasteiger partial charge in [-0.2, -0.15) is 17.0 Å². The summed E-state index contributed by atoms with van der Waals surface area (Å²) in [5.41, 5.74) is 1.25. The predicted octanol–water partition coefficient (Wildman–Crippen LogP) is 1.78. The number of benzene rings is 1. The van der Waals surface area contributed by atoms with Crippen LogP contribution in [0.2, 0.25) is 0 Å². The van der Waals surface area contributed by atoms with Crippen molar-refractivity contribution in [2.45, 2.75) is 13.0 Å². The van der Waals surface area contributed by atoms with Gasteiger partial charge in [0.25, 0.3) is 10.2 Å². The Kier molecular flexibility index (Phi) is 3.95. The van der Waals surface area contributed by atoms with Gasteiger partial charge >= 0.3 is 0 Å². The summed E-state index contributed by atoms with van der Waals surface area (Å²) in [7, 11) is -0.665. The molecule has 0 saturated carbocycles. The largest absolute Gasteiger partial charge is 0.360 e. The van der Waals surface area contributed by atoms with Crippen molar-refractivity contribution in [3.8, 4) is 11.3 Å². The molecule has 0 amide bonds. The Morgan fingerprint density at radius 3 is 2.65 bits per heavy atom. The molecule has 0 bridgehead atoms. The molecule has 0 radical (unpaired) electrons. The van der Waals surface area contributed by atoms with Gasteiger partial charge < -0.3 is 4.52 Å². The first-order valence-corrected chi connectivity index (χ1v) is 8.31. The zero-order valence-corrected chi connectivity index (χ0v) is 13.4. The summed E-state index contributed by atoms with van der Waals surface area (Å²) in [4.78, 5) is 0. The fourth-order valence-electron chi connectivity index (χ4n) is 2.48. The van der Waals surface area contributed by atoms with Crippen molar-refractivity contribution >= 4 is 10.2 Å². The molecule has 1 aromatic carbocycles. The van der Waals surface area contributed by atoms with Crippen LogP contribution in [0.4, 0.5) is 8.78 Å². The first-order chi connectivity index (χ1) is 10.8. The highest BCUT2D eigenvalue weighted by Crippen LogP contribution is 2.31. The first-order valence-electron chi connectivity index (χ1n) is 6.91. The highest BCUT2D eigenvalue weighted by molar-refractivity contribution is 7.86. The summed E-state index contributed by atoms with van der Waals surface area (Å²) in [5, 5.41) is 3.90. The molecule has 2 aromatic rings. The molecule has 6 nitrogen and oxygen atoms in total. The van der Waals surface area contributed by atoms with Gasteiger partial charge in [0, 0.05) is 44.7 Å². The Labute approximate surface area is 132 Å². The second-order valence-corrected chi connectivity index (χ2v) is 7.58. The molecule has 0 N–H and O–H groups in total. The molecule has 0 saturated heterocycles. The van der Waals surface area contributed by atoms with Crippen LogP contribution >= 0.6 is 0 Å². The molecule has 1 aliphatic heterocycles. The third kappa shape index (κ3) is 2.75. The van der Waals surface area contributed by atoms with Crippen LogP contribution in [0.5, 0.6) is 0 Å². The van der Waals surface area contributed by atoms with Crippen LogP contribution in [-0.2, 0) is 23.2 Å². The van der Waals surface area contributed by atoms with Gasteiger partial charge in [0.2, 0.25) is 0 Å². The van der Waals surface area contributed by atoms with Gasteiger partial charge in [-0.1, -0.05) is 5.16 Å². The molecule has 9 heteroatoms. The highest BCUT2D eigenvalue weighted by Gasteiger charge is 2.32. The zero-order chi connectivity index (χ0) is 16.8. The Morgan fingerprint density at radius 2 is 2.00 bits per heavy atom. The van der Waals surface area contributed by atoms with E-state index in [1.807, 2.05) is 0 Å². The van der Waals surface area contributed by atoms with Crippen molar-refractivity contribution in [2.24, 2.45) is 0 Å². The number of nitrogens with zero attached hydrogens (tertiary/aromatic N) is 3. The van der Waals surface area contributed by atoms with E-state index in [9.17, 15) is 17.2 Å². The van der Waals surface area contributed by atoms with Gasteiger partial charge in [0.05, 0.1) is 0 Å². The summed E-state index contributed by atoms with van der Waals surface area (Å²) in [6.07, 6.45) is 0.374. The van der Waals surface area contributed by atoms with E-state index >= 15 is 0 Å². The van der Waals surface area contributed by atoms with E-state index in [1.54, 1.807) is 0 Å². The van der Waals surface area contributed by atoms with Gasteiger partial charge in [-0.15, -0.1) is 0 Å². The first kappa shape index (κ1) is 16.0. The Morgan fingerprint density at radius 1 is 1.26 bits per heavy atom. The highest BCUT2D eigenvalue weighted by atomic mass is 32.2. The minimum absolute atomic E-state index is 0.0771. The number of fused-ring (bicyclic) bond motifs is 1. The zero-order valence-electron chi connectivity index (χ0n) is 12.6. The molecule has 1 aromatic heterocycles. The summed E-state index contributed by atoms with van der Waals surface area (Å²) in [5.74, 6) is -1.38. The van der Waals surface area contributed by atoms with Crippen molar-refractivity contribution in [3.63, 3.8) is 0 Å². The minimum Gasteiger partial charge on any atom is -0.360 e. The van der Waals surface area contributed by atoms with E-state index in [1.165, 1.54) is 24.5 Å². The molecule has 1 aliphatic rings. The van der Waals surface area contributed by atoms with Crippen molar-refractivity contribution in [2.75, 3.05) is 20.6 Å². The third-order valence-electron chi connectivity index (χ3n) is 3.77. The van der Waals surface area contributed by atoms with Crippen LogP contribution in [0.25, 0.3) is 11.3 Å². The average molecular weight is 343 g/mol. The summed E-state index contributed by atoms with van der Waals surface area (Å²) >= 11 is 0. The number of rotatable bonds is 3. The van der Waals surface area contributed by atoms with Crippen LogP contribution in [-0.4, -0.2) is 42.8 Å². The predicted molar refractivity (Wildman–Crippen MR) is 78.6 cm³/mol. The maximum Gasteiger partial charge on any atom is 0.281 e. The maximum absolute atomic E-state index is 13.4. The van der Waals surface area contributed by atoms with E-state index in [0.717, 1.165) is 16.4 Å². The monoisotopic (exact) mass is 343 g/mol. The van der Waals surface area contributed by atoms with E-state index < -0.39 is 21.8 Å². The fraction of sp³-hybridized carbons (Fsp3) is 0.357. The molecule has 3 rings (SSSR count). The Hall–Kier alpha value is -1.84. The van der Waals surface area contributed by atoms with Crippen molar-refractivity contribution in [3.05, 3.63) is 41.2 Å². The molecule has 0 atom stereocenters. The number of halogens is 2. The van der Waals surface area contributed by atoms with Gasteiger partial charge in [-0.3, -0.25) is 0 Å². The Bertz CT molecular complexity index is 849. The molecular formula is C14H15F2N3O3S. The molecule has 0 aliphatic carbocycles. The topological polar surface area (TPSA) is 66.7 Å². The second kappa shape index (κ2) is 5.66. The third-order valence-corrected chi connectivity index (χ3v) is 5.66. The molecule has 23 heavy (non-hydrogen) atoms. The maximum atomic E-state index is 13.4. The number of aromatic nitrogens is 1. The smallest absolute Gasteiger partial charge is 0.281 e. The second-order valence-electron chi connectivity index (χ2n) is 5.44. The van der Waals surface area contributed by atoms with Gasteiger partial charge in [-0.05, 0) is 18.2 Å². The van der Waals surface area contributed by atoms with Gasteiger partial charge in [0.1, 0.15) is 11.5 Å². The van der Waals surface area contributed by atoms with E-state index in [2.05, 4.69) is 5.16 Å². The quantitative estimate of drug-likeness (QED) is 0.852. The lowest BCUT2D eigenvalue weighted by molar-refractivity contribution is 0.318. The molecule has 0 spiro atoms. The van der Waals surface area contributed by atoms with Crippen LogP contribution < -0.4 is 0 Å². The summed E-state index contributed by atoms with van der Waals surface area (Å²) in [6, 6.07) is 3.41. The van der Waals surface area contributed by atoms with Crippen molar-refractivity contribution in [1.82, 2.24) is 13.8 Å². The molecule has 124 valence electrons. The lowest BCUT2D eigenvalue weighted by Gasteiger charge is -2.28. The SMILES string of the molecule is CN(C)S(=O)(=O)N1CCc2onc(-c3ccc(F)c(F)c3)c2C1. The lowest BCUT2D eigenvalue weighted by Crippen LogP contribution is -2.42. The molecule has 0 unspecified atom stereocenters. The molecule has 2 heterocycles. The lowest BCUT2D eigenvalue weighted by atomic mass is 10.0. The van der Waals surface area contributed by atoms with Crippen LogP contribution in [0.1, 0.15) is 11.3 Å². The summed E-state index contributed by atoms with van der Waals surface area (Å²) in [6.45, 7) is 0.355.